The molecule has 1 aromatic carbocycles. The van der Waals surface area contributed by atoms with Crippen LogP contribution in [0.5, 0.6) is 0 Å². The molecule has 0 fully saturated rings. The van der Waals surface area contributed by atoms with Crippen LogP contribution in [-0.4, -0.2) is 26.7 Å². The quantitative estimate of drug-likeness (QED) is 0.755. The van der Waals surface area contributed by atoms with E-state index in [9.17, 15) is 9.13 Å². The maximum Gasteiger partial charge on any atom is 0.0960 e. The lowest BCUT2D eigenvalue weighted by Crippen LogP contribution is -1.99. The van der Waals surface area contributed by atoms with Gasteiger partial charge >= 0.3 is 0 Å². The predicted octanol–water partition coefficient (Wildman–Crippen LogP) is 3.93. The standard InChI is InChI=1S/C11H18O2P2/c1-14(2,12)11(15(3,4)13)10-8-6-5-7-9-10/h5-9,11H,1-4H3. The van der Waals surface area contributed by atoms with Gasteiger partial charge < -0.3 is 9.13 Å². The summed E-state index contributed by atoms with van der Waals surface area (Å²) in [7, 11) is -4.76. The first-order chi connectivity index (χ1) is 6.73. The Morgan fingerprint density at radius 1 is 0.867 bits per heavy atom. The molecule has 0 N–H and O–H groups in total. The average molecular weight is 244 g/mol. The zero-order valence-electron chi connectivity index (χ0n) is 9.68. The fourth-order valence-corrected chi connectivity index (χ4v) is 9.15. The Bertz CT molecular complexity index is 391. The summed E-state index contributed by atoms with van der Waals surface area (Å²) in [5.41, 5.74) is 0.930. The van der Waals surface area contributed by atoms with E-state index in [4.69, 9.17) is 0 Å². The Morgan fingerprint density at radius 2 is 1.27 bits per heavy atom. The van der Waals surface area contributed by atoms with Gasteiger partial charge in [-0.3, -0.25) is 0 Å². The second-order valence-electron chi connectivity index (χ2n) is 4.65. The third kappa shape index (κ3) is 3.33. The van der Waals surface area contributed by atoms with Gasteiger partial charge in [-0.1, -0.05) is 30.3 Å². The smallest absolute Gasteiger partial charge is 0.0960 e. The lowest BCUT2D eigenvalue weighted by molar-refractivity contribution is 0.569. The van der Waals surface area contributed by atoms with Gasteiger partial charge in [0.15, 0.2) is 0 Å². The van der Waals surface area contributed by atoms with Crippen molar-refractivity contribution in [2.45, 2.75) is 5.40 Å². The third-order valence-corrected chi connectivity index (χ3v) is 8.56. The highest BCUT2D eigenvalue weighted by atomic mass is 31.2. The van der Waals surface area contributed by atoms with E-state index in [2.05, 4.69) is 0 Å². The molecule has 1 rings (SSSR count). The van der Waals surface area contributed by atoms with Crippen molar-refractivity contribution < 1.29 is 9.13 Å². The van der Waals surface area contributed by atoms with Gasteiger partial charge in [-0.2, -0.15) is 0 Å². The van der Waals surface area contributed by atoms with Crippen LogP contribution in [-0.2, 0) is 9.13 Å². The Kier molecular flexibility index (Phi) is 3.63. The van der Waals surface area contributed by atoms with Crippen molar-refractivity contribution in [2.75, 3.05) is 26.7 Å². The second kappa shape index (κ2) is 4.28. The van der Waals surface area contributed by atoms with E-state index in [1.54, 1.807) is 26.7 Å². The third-order valence-electron chi connectivity index (χ3n) is 2.28. The molecule has 0 aromatic heterocycles. The molecule has 0 saturated carbocycles. The van der Waals surface area contributed by atoms with E-state index in [0.717, 1.165) is 5.56 Å². The van der Waals surface area contributed by atoms with E-state index in [-0.39, 0.29) is 5.40 Å². The maximum atomic E-state index is 12.2. The van der Waals surface area contributed by atoms with Crippen LogP contribution in [0, 0.1) is 0 Å². The summed E-state index contributed by atoms with van der Waals surface area (Å²) in [6.45, 7) is 6.85. The van der Waals surface area contributed by atoms with Crippen LogP contribution in [0.4, 0.5) is 0 Å². The minimum absolute atomic E-state index is 0.300. The second-order valence-corrected chi connectivity index (χ2v) is 11.8. The predicted molar refractivity (Wildman–Crippen MR) is 68.1 cm³/mol. The highest BCUT2D eigenvalue weighted by Crippen LogP contribution is 2.70. The normalized spacial score (nSPS) is 13.1. The fraction of sp³-hybridized carbons (Fsp3) is 0.455. The molecule has 0 atom stereocenters. The molecular formula is C11H18O2P2. The molecule has 1 aromatic rings. The first-order valence-electron chi connectivity index (χ1n) is 4.87. The lowest BCUT2D eigenvalue weighted by Gasteiger charge is -2.25. The lowest BCUT2D eigenvalue weighted by atomic mass is 10.2. The molecular weight excluding hydrogens is 226 g/mol. The summed E-state index contributed by atoms with van der Waals surface area (Å²) in [6.07, 6.45) is 0. The zero-order valence-corrected chi connectivity index (χ0v) is 11.5. The van der Waals surface area contributed by atoms with Crippen LogP contribution in [0.3, 0.4) is 0 Å². The van der Waals surface area contributed by atoms with E-state index in [1.165, 1.54) is 0 Å². The van der Waals surface area contributed by atoms with Crippen molar-refractivity contribution in [3.05, 3.63) is 35.9 Å². The average Bonchev–Trinajstić information content (AvgIpc) is 2.00. The minimum atomic E-state index is -2.38. The van der Waals surface area contributed by atoms with E-state index in [1.807, 2.05) is 30.3 Å². The van der Waals surface area contributed by atoms with Crippen molar-refractivity contribution in [2.24, 2.45) is 0 Å². The summed E-state index contributed by atoms with van der Waals surface area (Å²) in [5, 5.41) is -0.300. The zero-order chi connectivity index (χ0) is 11.7. The van der Waals surface area contributed by atoms with Crippen LogP contribution in [0.1, 0.15) is 11.0 Å². The Morgan fingerprint density at radius 3 is 1.60 bits per heavy atom. The van der Waals surface area contributed by atoms with Gasteiger partial charge in [0.05, 0.1) is 19.7 Å². The van der Waals surface area contributed by atoms with Gasteiger partial charge in [-0.15, -0.1) is 0 Å². The van der Waals surface area contributed by atoms with E-state index < -0.39 is 14.3 Å². The molecule has 0 saturated heterocycles. The number of hydrogen-bond donors (Lipinski definition) is 0. The molecule has 0 amide bonds. The summed E-state index contributed by atoms with van der Waals surface area (Å²) < 4.78 is 24.4. The van der Waals surface area contributed by atoms with Crippen molar-refractivity contribution in [1.82, 2.24) is 0 Å². The molecule has 0 bridgehead atoms. The van der Waals surface area contributed by atoms with E-state index >= 15 is 0 Å². The summed E-state index contributed by atoms with van der Waals surface area (Å²) >= 11 is 0. The summed E-state index contributed by atoms with van der Waals surface area (Å²) in [6, 6.07) is 9.52. The highest BCUT2D eigenvalue weighted by molar-refractivity contribution is 7.79. The molecule has 84 valence electrons. The minimum Gasteiger partial charge on any atom is -0.323 e. The number of hydrogen-bond acceptors (Lipinski definition) is 2. The molecule has 15 heavy (non-hydrogen) atoms. The van der Waals surface area contributed by atoms with Crippen molar-refractivity contribution in [3.8, 4) is 0 Å². The van der Waals surface area contributed by atoms with Gasteiger partial charge in [-0.25, -0.2) is 0 Å². The van der Waals surface area contributed by atoms with Gasteiger partial charge in [0.1, 0.15) is 0 Å². The van der Waals surface area contributed by atoms with Crippen molar-refractivity contribution >= 4 is 14.3 Å². The molecule has 0 aliphatic rings. The Balaban J connectivity index is 3.27. The largest absolute Gasteiger partial charge is 0.323 e. The number of benzene rings is 1. The van der Waals surface area contributed by atoms with E-state index in [0.29, 0.717) is 0 Å². The molecule has 0 unspecified atom stereocenters. The van der Waals surface area contributed by atoms with Crippen LogP contribution in [0.25, 0.3) is 0 Å². The molecule has 0 aliphatic heterocycles. The maximum absolute atomic E-state index is 12.2. The SMILES string of the molecule is CP(C)(=O)C(c1ccccc1)P(C)(C)=O. The molecule has 2 nitrogen and oxygen atoms in total. The van der Waals surface area contributed by atoms with Gasteiger partial charge in [0.2, 0.25) is 0 Å². The molecule has 4 heteroatoms. The molecule has 0 heterocycles. The Labute approximate surface area is 91.8 Å². The summed E-state index contributed by atoms with van der Waals surface area (Å²) in [5.74, 6) is 0. The van der Waals surface area contributed by atoms with Crippen LogP contribution < -0.4 is 0 Å². The monoisotopic (exact) mass is 244 g/mol. The first kappa shape index (κ1) is 12.7. The van der Waals surface area contributed by atoms with Gasteiger partial charge in [-0.05, 0) is 32.2 Å². The van der Waals surface area contributed by atoms with Crippen LogP contribution >= 0.6 is 14.3 Å². The first-order valence-corrected chi connectivity index (χ1v) is 10.2. The number of rotatable bonds is 3. The Hall–Kier alpha value is -0.320. The van der Waals surface area contributed by atoms with Crippen LogP contribution in [0.15, 0.2) is 30.3 Å². The van der Waals surface area contributed by atoms with Crippen molar-refractivity contribution in [1.29, 1.82) is 0 Å². The summed E-state index contributed by atoms with van der Waals surface area (Å²) in [4.78, 5) is 0. The van der Waals surface area contributed by atoms with Crippen LogP contribution in [0.2, 0.25) is 0 Å². The molecule has 0 aliphatic carbocycles. The van der Waals surface area contributed by atoms with Gasteiger partial charge in [0.25, 0.3) is 0 Å². The fourth-order valence-electron chi connectivity index (χ4n) is 2.01. The van der Waals surface area contributed by atoms with Crippen molar-refractivity contribution in [3.63, 3.8) is 0 Å². The highest BCUT2D eigenvalue weighted by Gasteiger charge is 2.34. The van der Waals surface area contributed by atoms with Gasteiger partial charge in [0, 0.05) is 0 Å². The molecule has 0 spiro atoms. The molecule has 0 radical (unpaired) electrons. The topological polar surface area (TPSA) is 34.1 Å².